The zero-order valence-corrected chi connectivity index (χ0v) is 9.42. The van der Waals surface area contributed by atoms with E-state index in [-0.39, 0.29) is 11.4 Å². The number of piperidine rings is 1. The Morgan fingerprint density at radius 2 is 2.40 bits per heavy atom. The van der Waals surface area contributed by atoms with Crippen LogP contribution in [0.2, 0.25) is 5.28 Å². The van der Waals surface area contributed by atoms with Crippen LogP contribution in [-0.2, 0) is 0 Å². The van der Waals surface area contributed by atoms with Gasteiger partial charge >= 0.3 is 0 Å². The summed E-state index contributed by atoms with van der Waals surface area (Å²) < 4.78 is 5.72. The SMILES string of the molecule is Cc1cc(O[C@@H]2CCCNC2)nc(Cl)n1. The molecule has 1 saturated heterocycles. The monoisotopic (exact) mass is 227 g/mol. The van der Waals surface area contributed by atoms with Gasteiger partial charge in [0.2, 0.25) is 11.2 Å². The Morgan fingerprint density at radius 3 is 3.07 bits per heavy atom. The molecule has 0 spiro atoms. The van der Waals surface area contributed by atoms with Gasteiger partial charge in [-0.1, -0.05) is 0 Å². The maximum Gasteiger partial charge on any atom is 0.225 e. The first-order chi connectivity index (χ1) is 7.24. The lowest BCUT2D eigenvalue weighted by atomic mass is 10.1. The third kappa shape index (κ3) is 3.04. The van der Waals surface area contributed by atoms with Gasteiger partial charge in [-0.05, 0) is 37.9 Å². The van der Waals surface area contributed by atoms with E-state index in [4.69, 9.17) is 16.3 Å². The van der Waals surface area contributed by atoms with Gasteiger partial charge in [-0.25, -0.2) is 4.98 Å². The van der Waals surface area contributed by atoms with Crippen molar-refractivity contribution in [3.8, 4) is 5.88 Å². The number of rotatable bonds is 2. The molecule has 0 aliphatic carbocycles. The fraction of sp³-hybridized carbons (Fsp3) is 0.600. The van der Waals surface area contributed by atoms with E-state index in [0.29, 0.717) is 5.88 Å². The molecule has 15 heavy (non-hydrogen) atoms. The van der Waals surface area contributed by atoms with Gasteiger partial charge in [0.15, 0.2) is 0 Å². The lowest BCUT2D eigenvalue weighted by Gasteiger charge is -2.23. The molecule has 0 amide bonds. The Morgan fingerprint density at radius 1 is 1.53 bits per heavy atom. The van der Waals surface area contributed by atoms with E-state index in [1.165, 1.54) is 0 Å². The van der Waals surface area contributed by atoms with Crippen LogP contribution in [0.5, 0.6) is 5.88 Å². The topological polar surface area (TPSA) is 47.0 Å². The molecule has 1 aromatic rings. The normalized spacial score (nSPS) is 21.3. The maximum atomic E-state index is 5.75. The molecular weight excluding hydrogens is 214 g/mol. The van der Waals surface area contributed by atoms with Gasteiger partial charge < -0.3 is 10.1 Å². The molecular formula is C10H14ClN3O. The highest BCUT2D eigenvalue weighted by atomic mass is 35.5. The number of nitrogens with one attached hydrogen (secondary N) is 1. The Hall–Kier alpha value is -0.870. The van der Waals surface area contributed by atoms with Crippen molar-refractivity contribution >= 4 is 11.6 Å². The molecule has 0 radical (unpaired) electrons. The summed E-state index contributed by atoms with van der Waals surface area (Å²) in [6.07, 6.45) is 2.40. The summed E-state index contributed by atoms with van der Waals surface area (Å²) in [6, 6.07) is 1.81. The number of aromatic nitrogens is 2. The molecule has 1 atom stereocenters. The average Bonchev–Trinajstić information content (AvgIpc) is 2.17. The van der Waals surface area contributed by atoms with E-state index in [9.17, 15) is 0 Å². The highest BCUT2D eigenvalue weighted by Crippen LogP contribution is 2.16. The smallest absolute Gasteiger partial charge is 0.225 e. The molecule has 82 valence electrons. The average molecular weight is 228 g/mol. The van der Waals surface area contributed by atoms with Crippen molar-refractivity contribution in [3.63, 3.8) is 0 Å². The second-order valence-corrected chi connectivity index (χ2v) is 4.04. The van der Waals surface area contributed by atoms with Gasteiger partial charge in [-0.3, -0.25) is 0 Å². The van der Waals surface area contributed by atoms with E-state index >= 15 is 0 Å². The van der Waals surface area contributed by atoms with Crippen LogP contribution < -0.4 is 10.1 Å². The Labute approximate surface area is 94.0 Å². The minimum Gasteiger partial charge on any atom is -0.473 e. The summed E-state index contributed by atoms with van der Waals surface area (Å²) >= 11 is 5.75. The molecule has 0 aromatic carbocycles. The molecule has 5 heteroatoms. The molecule has 2 rings (SSSR count). The van der Waals surface area contributed by atoms with Gasteiger partial charge in [-0.15, -0.1) is 0 Å². The highest BCUT2D eigenvalue weighted by Gasteiger charge is 2.15. The standard InChI is InChI=1S/C10H14ClN3O/c1-7-5-9(14-10(11)13-7)15-8-3-2-4-12-6-8/h5,8,12H,2-4,6H2,1H3/t8-/m1/s1. The van der Waals surface area contributed by atoms with Crippen LogP contribution in [0.4, 0.5) is 0 Å². The Kier molecular flexibility index (Phi) is 3.38. The molecule has 0 unspecified atom stereocenters. The van der Waals surface area contributed by atoms with Gasteiger partial charge in [0.1, 0.15) is 6.10 Å². The van der Waals surface area contributed by atoms with E-state index in [1.807, 2.05) is 6.92 Å². The molecule has 0 saturated carbocycles. The fourth-order valence-electron chi connectivity index (χ4n) is 1.66. The Bertz CT molecular complexity index is 319. The molecule has 2 heterocycles. The first kappa shape index (κ1) is 10.6. The number of ether oxygens (including phenoxy) is 1. The van der Waals surface area contributed by atoms with Crippen molar-refractivity contribution in [1.29, 1.82) is 0 Å². The largest absolute Gasteiger partial charge is 0.473 e. The number of hydrogen-bond donors (Lipinski definition) is 1. The van der Waals surface area contributed by atoms with Gasteiger partial charge in [0.25, 0.3) is 0 Å². The zero-order valence-electron chi connectivity index (χ0n) is 8.66. The second-order valence-electron chi connectivity index (χ2n) is 3.70. The van der Waals surface area contributed by atoms with Gasteiger partial charge in [0, 0.05) is 18.3 Å². The molecule has 1 aliphatic heterocycles. The molecule has 1 fully saturated rings. The third-order valence-corrected chi connectivity index (χ3v) is 2.51. The van der Waals surface area contributed by atoms with Crippen molar-refractivity contribution in [1.82, 2.24) is 15.3 Å². The molecule has 0 bridgehead atoms. The number of nitrogens with zero attached hydrogens (tertiary/aromatic N) is 2. The summed E-state index contributed by atoms with van der Waals surface area (Å²) in [7, 11) is 0. The summed E-state index contributed by atoms with van der Waals surface area (Å²) in [5, 5.41) is 3.53. The molecule has 1 N–H and O–H groups in total. The van der Waals surface area contributed by atoms with E-state index in [2.05, 4.69) is 15.3 Å². The quantitative estimate of drug-likeness (QED) is 0.780. The van der Waals surface area contributed by atoms with Crippen LogP contribution in [0.3, 0.4) is 0 Å². The summed E-state index contributed by atoms with van der Waals surface area (Å²) in [5.74, 6) is 0.571. The number of hydrogen-bond acceptors (Lipinski definition) is 4. The fourth-order valence-corrected chi connectivity index (χ4v) is 1.87. The molecule has 1 aliphatic rings. The van der Waals surface area contributed by atoms with Crippen molar-refractivity contribution in [3.05, 3.63) is 17.0 Å². The first-order valence-corrected chi connectivity index (χ1v) is 5.50. The summed E-state index contributed by atoms with van der Waals surface area (Å²) in [4.78, 5) is 8.02. The summed E-state index contributed by atoms with van der Waals surface area (Å²) in [5.41, 5.74) is 0.828. The minimum atomic E-state index is 0.198. The van der Waals surface area contributed by atoms with Crippen molar-refractivity contribution in [2.45, 2.75) is 25.9 Å². The van der Waals surface area contributed by atoms with Crippen molar-refractivity contribution < 1.29 is 4.74 Å². The Balaban J connectivity index is 2.02. The van der Waals surface area contributed by atoms with Crippen molar-refractivity contribution in [2.75, 3.05) is 13.1 Å². The van der Waals surface area contributed by atoms with Crippen LogP contribution in [0.15, 0.2) is 6.07 Å². The van der Waals surface area contributed by atoms with Gasteiger partial charge in [-0.2, -0.15) is 4.98 Å². The summed E-state index contributed by atoms with van der Waals surface area (Å²) in [6.45, 7) is 3.82. The van der Waals surface area contributed by atoms with E-state index in [1.54, 1.807) is 6.07 Å². The van der Waals surface area contributed by atoms with E-state index in [0.717, 1.165) is 31.6 Å². The lowest BCUT2D eigenvalue weighted by Crippen LogP contribution is -2.37. The number of aryl methyl sites for hydroxylation is 1. The van der Waals surface area contributed by atoms with Crippen LogP contribution in [0.25, 0.3) is 0 Å². The van der Waals surface area contributed by atoms with Gasteiger partial charge in [0.05, 0.1) is 0 Å². The predicted octanol–water partition coefficient (Wildman–Crippen LogP) is 1.57. The highest BCUT2D eigenvalue weighted by molar-refractivity contribution is 6.28. The predicted molar refractivity (Wildman–Crippen MR) is 58.3 cm³/mol. The molecule has 4 nitrogen and oxygen atoms in total. The zero-order chi connectivity index (χ0) is 10.7. The van der Waals surface area contributed by atoms with Crippen LogP contribution in [-0.4, -0.2) is 29.2 Å². The third-order valence-electron chi connectivity index (χ3n) is 2.34. The molecule has 1 aromatic heterocycles. The second kappa shape index (κ2) is 4.77. The maximum absolute atomic E-state index is 5.75. The van der Waals surface area contributed by atoms with Crippen molar-refractivity contribution in [2.24, 2.45) is 0 Å². The van der Waals surface area contributed by atoms with E-state index < -0.39 is 0 Å². The lowest BCUT2D eigenvalue weighted by molar-refractivity contribution is 0.160. The minimum absolute atomic E-state index is 0.198. The van der Waals surface area contributed by atoms with Crippen LogP contribution in [0.1, 0.15) is 18.5 Å². The first-order valence-electron chi connectivity index (χ1n) is 5.12. The van der Waals surface area contributed by atoms with Crippen LogP contribution >= 0.6 is 11.6 Å². The van der Waals surface area contributed by atoms with Crippen LogP contribution in [0, 0.1) is 6.92 Å². The number of halogens is 1.